The van der Waals surface area contributed by atoms with E-state index in [1.165, 1.54) is 21.8 Å². The monoisotopic (exact) mass is 447 g/mol. The van der Waals surface area contributed by atoms with Crippen LogP contribution in [0.25, 0.3) is 0 Å². The Balaban J connectivity index is 1.64. The molecule has 1 amide bonds. The zero-order chi connectivity index (χ0) is 22.5. The second kappa shape index (κ2) is 10.1. The molecule has 32 heavy (non-hydrogen) atoms. The molecule has 0 radical (unpaired) electrons. The number of hydrogen-bond acceptors (Lipinski definition) is 4. The molecule has 2 atom stereocenters. The maximum Gasteiger partial charge on any atom is 0.341 e. The van der Waals surface area contributed by atoms with E-state index in [-0.39, 0.29) is 17.8 Å². The minimum absolute atomic E-state index is 0.0811. The Morgan fingerprint density at radius 3 is 2.41 bits per heavy atom. The molecule has 166 valence electrons. The lowest BCUT2D eigenvalue weighted by Crippen LogP contribution is -2.22. The zero-order valence-electron chi connectivity index (χ0n) is 18.6. The number of carbonyl (C=O) groups excluding carboxylic acids is 2. The Kier molecular flexibility index (Phi) is 7.05. The van der Waals surface area contributed by atoms with E-state index in [4.69, 9.17) is 4.74 Å². The fourth-order valence-electron chi connectivity index (χ4n) is 4.56. The summed E-state index contributed by atoms with van der Waals surface area (Å²) in [5, 5.41) is 3.72. The third-order valence-electron chi connectivity index (χ3n) is 6.18. The first-order chi connectivity index (χ1) is 15.6. The molecule has 0 aliphatic heterocycles. The van der Waals surface area contributed by atoms with E-state index in [1.807, 2.05) is 50.2 Å². The van der Waals surface area contributed by atoms with Crippen molar-refractivity contribution in [3.05, 3.63) is 87.8 Å². The van der Waals surface area contributed by atoms with Gasteiger partial charge in [-0.15, -0.1) is 11.3 Å². The summed E-state index contributed by atoms with van der Waals surface area (Å²) >= 11 is 1.53. The van der Waals surface area contributed by atoms with Gasteiger partial charge in [-0.25, -0.2) is 4.79 Å². The molecule has 1 aliphatic carbocycles. The van der Waals surface area contributed by atoms with Gasteiger partial charge in [0.15, 0.2) is 0 Å². The Hall–Kier alpha value is -2.92. The average Bonchev–Trinajstić information content (AvgIpc) is 3.18. The third kappa shape index (κ3) is 4.63. The number of hydrogen-bond donors (Lipinski definition) is 1. The van der Waals surface area contributed by atoms with Crippen molar-refractivity contribution in [3.63, 3.8) is 0 Å². The SMILES string of the molecule is CCOC(=O)c1c(NC(=O)[C@@H](CC)c2ccccc2)sc2c1CC[C@@H](c1ccccc1)C2. The number of benzene rings is 2. The normalized spacial score (nSPS) is 16.1. The molecule has 0 saturated carbocycles. The lowest BCUT2D eigenvalue weighted by Gasteiger charge is -2.23. The standard InChI is InChI=1S/C27H29NO3S/c1-3-21(19-13-9-6-10-14-19)25(29)28-26-24(27(30)31-4-2)22-16-15-20(17-23(22)32-26)18-11-7-5-8-12-18/h5-14,20-21H,3-4,15-17H2,1-2H3,(H,28,29)/t20-,21+/m1/s1. The van der Waals surface area contributed by atoms with Crippen LogP contribution in [0.1, 0.15) is 70.5 Å². The molecule has 0 spiro atoms. The lowest BCUT2D eigenvalue weighted by atomic mass is 9.83. The quantitative estimate of drug-likeness (QED) is 0.431. The van der Waals surface area contributed by atoms with Crippen LogP contribution in [0.15, 0.2) is 60.7 Å². The summed E-state index contributed by atoms with van der Waals surface area (Å²) in [5.41, 5.74) is 3.90. The van der Waals surface area contributed by atoms with Gasteiger partial charge in [-0.2, -0.15) is 0 Å². The molecule has 2 aromatic carbocycles. The second-order valence-electron chi connectivity index (χ2n) is 8.14. The van der Waals surface area contributed by atoms with Gasteiger partial charge in [-0.1, -0.05) is 67.6 Å². The molecule has 0 unspecified atom stereocenters. The summed E-state index contributed by atoms with van der Waals surface area (Å²) in [6.45, 7) is 4.13. The van der Waals surface area contributed by atoms with Crippen LogP contribution < -0.4 is 5.32 Å². The molecule has 0 bridgehead atoms. The summed E-state index contributed by atoms with van der Waals surface area (Å²) in [7, 11) is 0. The Bertz CT molecular complexity index is 1080. The van der Waals surface area contributed by atoms with E-state index in [0.717, 1.165) is 30.4 Å². The molecule has 4 nitrogen and oxygen atoms in total. The van der Waals surface area contributed by atoms with Crippen LogP contribution in [0.4, 0.5) is 5.00 Å². The fourth-order valence-corrected chi connectivity index (χ4v) is 5.88. The average molecular weight is 448 g/mol. The number of fused-ring (bicyclic) bond motifs is 1. The van der Waals surface area contributed by atoms with Gasteiger partial charge in [0.05, 0.1) is 18.1 Å². The molecule has 1 heterocycles. The topological polar surface area (TPSA) is 55.4 Å². The summed E-state index contributed by atoms with van der Waals surface area (Å²) < 4.78 is 5.37. The van der Waals surface area contributed by atoms with Crippen LogP contribution in [-0.2, 0) is 22.4 Å². The number of amides is 1. The van der Waals surface area contributed by atoms with Gasteiger partial charge >= 0.3 is 5.97 Å². The van der Waals surface area contributed by atoms with Crippen molar-refractivity contribution < 1.29 is 14.3 Å². The van der Waals surface area contributed by atoms with Gasteiger partial charge in [0, 0.05) is 4.88 Å². The highest BCUT2D eigenvalue weighted by Gasteiger charge is 2.31. The minimum atomic E-state index is -0.341. The summed E-state index contributed by atoms with van der Waals surface area (Å²) in [6, 6.07) is 20.3. The zero-order valence-corrected chi connectivity index (χ0v) is 19.4. The van der Waals surface area contributed by atoms with Crippen molar-refractivity contribution in [3.8, 4) is 0 Å². The van der Waals surface area contributed by atoms with Crippen molar-refractivity contribution in [2.24, 2.45) is 0 Å². The van der Waals surface area contributed by atoms with E-state index in [9.17, 15) is 9.59 Å². The molecule has 0 saturated heterocycles. The van der Waals surface area contributed by atoms with Gasteiger partial charge in [-0.05, 0) is 55.2 Å². The maximum absolute atomic E-state index is 13.2. The first-order valence-electron chi connectivity index (χ1n) is 11.3. The number of nitrogens with one attached hydrogen (secondary N) is 1. The summed E-state index contributed by atoms with van der Waals surface area (Å²) in [6.07, 6.45) is 3.36. The second-order valence-corrected chi connectivity index (χ2v) is 9.24. The van der Waals surface area contributed by atoms with Crippen molar-refractivity contribution >= 4 is 28.2 Å². The highest BCUT2D eigenvalue weighted by atomic mass is 32.1. The Labute approximate surface area is 193 Å². The van der Waals surface area contributed by atoms with E-state index >= 15 is 0 Å². The van der Waals surface area contributed by atoms with Crippen molar-refractivity contribution in [1.29, 1.82) is 0 Å². The van der Waals surface area contributed by atoms with Gasteiger partial charge in [-0.3, -0.25) is 4.79 Å². The van der Waals surface area contributed by atoms with Crippen LogP contribution in [-0.4, -0.2) is 18.5 Å². The molecule has 3 aromatic rings. The molecule has 4 rings (SSSR count). The highest BCUT2D eigenvalue weighted by molar-refractivity contribution is 7.17. The number of thiophene rings is 1. The predicted molar refractivity (Wildman–Crippen MR) is 130 cm³/mol. The molecular weight excluding hydrogens is 418 g/mol. The number of esters is 1. The van der Waals surface area contributed by atoms with Crippen molar-refractivity contribution in [1.82, 2.24) is 0 Å². The van der Waals surface area contributed by atoms with E-state index in [1.54, 1.807) is 0 Å². The third-order valence-corrected chi connectivity index (χ3v) is 7.35. The first kappa shape index (κ1) is 22.3. The fraction of sp³-hybridized carbons (Fsp3) is 0.333. The number of ether oxygens (including phenoxy) is 1. The van der Waals surface area contributed by atoms with Gasteiger partial charge in [0.25, 0.3) is 0 Å². The molecule has 1 aliphatic rings. The van der Waals surface area contributed by atoms with Crippen molar-refractivity contribution in [2.75, 3.05) is 11.9 Å². The molecule has 0 fully saturated rings. The maximum atomic E-state index is 13.2. The summed E-state index contributed by atoms with van der Waals surface area (Å²) in [5.74, 6) is -0.259. The molecular formula is C27H29NO3S. The lowest BCUT2D eigenvalue weighted by molar-refractivity contribution is -0.117. The van der Waals surface area contributed by atoms with E-state index in [0.29, 0.717) is 29.5 Å². The smallest absolute Gasteiger partial charge is 0.341 e. The molecule has 5 heteroatoms. The largest absolute Gasteiger partial charge is 0.462 e. The van der Waals surface area contributed by atoms with Crippen molar-refractivity contribution in [2.45, 2.75) is 51.4 Å². The van der Waals surface area contributed by atoms with E-state index < -0.39 is 0 Å². The minimum Gasteiger partial charge on any atom is -0.462 e. The summed E-state index contributed by atoms with van der Waals surface area (Å²) in [4.78, 5) is 27.3. The van der Waals surface area contributed by atoms with Crippen LogP contribution in [0, 0.1) is 0 Å². The number of carbonyl (C=O) groups is 2. The number of rotatable bonds is 7. The van der Waals surface area contributed by atoms with E-state index in [2.05, 4.69) is 29.6 Å². The van der Waals surface area contributed by atoms with Gasteiger partial charge in [0.2, 0.25) is 5.91 Å². The van der Waals surface area contributed by atoms with Crippen LogP contribution in [0.2, 0.25) is 0 Å². The highest BCUT2D eigenvalue weighted by Crippen LogP contribution is 2.43. The Morgan fingerprint density at radius 2 is 1.75 bits per heavy atom. The Morgan fingerprint density at radius 1 is 1.06 bits per heavy atom. The van der Waals surface area contributed by atoms with Crippen LogP contribution in [0.5, 0.6) is 0 Å². The van der Waals surface area contributed by atoms with Gasteiger partial charge < -0.3 is 10.1 Å². The first-order valence-corrected chi connectivity index (χ1v) is 12.2. The predicted octanol–water partition coefficient (Wildman–Crippen LogP) is 6.33. The molecule has 1 N–H and O–H groups in total. The molecule has 1 aromatic heterocycles. The van der Waals surface area contributed by atoms with Crippen LogP contribution >= 0.6 is 11.3 Å². The van der Waals surface area contributed by atoms with Crippen LogP contribution in [0.3, 0.4) is 0 Å². The van der Waals surface area contributed by atoms with Gasteiger partial charge in [0.1, 0.15) is 5.00 Å². The number of anilines is 1.